The van der Waals surface area contributed by atoms with E-state index in [0.717, 1.165) is 55.6 Å². The quantitative estimate of drug-likeness (QED) is 0.714. The number of fused-ring (bicyclic) bond motifs is 1. The van der Waals surface area contributed by atoms with Crippen molar-refractivity contribution in [3.63, 3.8) is 0 Å². The second-order valence-corrected chi connectivity index (χ2v) is 7.47. The molecule has 2 heterocycles. The van der Waals surface area contributed by atoms with E-state index in [4.69, 9.17) is 9.97 Å². The summed E-state index contributed by atoms with van der Waals surface area (Å²) < 4.78 is 0. The van der Waals surface area contributed by atoms with Crippen LogP contribution in [0.1, 0.15) is 11.1 Å². The maximum atomic E-state index is 4.91. The van der Waals surface area contributed by atoms with Crippen LogP contribution in [0.3, 0.4) is 0 Å². The summed E-state index contributed by atoms with van der Waals surface area (Å²) in [7, 11) is 4.15. The Morgan fingerprint density at radius 1 is 0.964 bits per heavy atom. The van der Waals surface area contributed by atoms with Crippen molar-refractivity contribution in [1.82, 2.24) is 14.9 Å². The molecule has 5 heteroatoms. The molecule has 0 saturated heterocycles. The van der Waals surface area contributed by atoms with Crippen molar-refractivity contribution in [1.29, 1.82) is 0 Å². The second-order valence-electron chi connectivity index (χ2n) is 7.47. The van der Waals surface area contributed by atoms with Crippen molar-refractivity contribution >= 4 is 11.8 Å². The van der Waals surface area contributed by atoms with E-state index < -0.39 is 0 Å². The third-order valence-electron chi connectivity index (χ3n) is 5.06. The summed E-state index contributed by atoms with van der Waals surface area (Å²) in [5.41, 5.74) is 4.86. The molecule has 1 aromatic heterocycles. The van der Waals surface area contributed by atoms with Gasteiger partial charge in [0.2, 0.25) is 5.95 Å². The largest absolute Gasteiger partial charge is 0.369 e. The van der Waals surface area contributed by atoms with Gasteiger partial charge < -0.3 is 15.1 Å². The fourth-order valence-corrected chi connectivity index (χ4v) is 3.50. The molecule has 0 aliphatic carbocycles. The number of anilines is 2. The molecule has 0 saturated carbocycles. The lowest BCUT2D eigenvalue weighted by Gasteiger charge is -2.29. The number of hydrogen-bond acceptors (Lipinski definition) is 5. The topological polar surface area (TPSA) is 44.3 Å². The highest BCUT2D eigenvalue weighted by Gasteiger charge is 2.19. The molecule has 0 amide bonds. The molecule has 0 fully saturated rings. The Kier molecular flexibility index (Phi) is 5.53. The monoisotopic (exact) mass is 373 g/mol. The van der Waals surface area contributed by atoms with Gasteiger partial charge in [-0.15, -0.1) is 0 Å². The Balaban J connectivity index is 1.64. The van der Waals surface area contributed by atoms with E-state index in [2.05, 4.69) is 65.6 Å². The summed E-state index contributed by atoms with van der Waals surface area (Å²) in [6.07, 6.45) is 1.03. The van der Waals surface area contributed by atoms with Crippen LogP contribution in [0.25, 0.3) is 11.3 Å². The first-order chi connectivity index (χ1) is 13.7. The molecule has 0 spiro atoms. The first-order valence-corrected chi connectivity index (χ1v) is 9.84. The Hall–Kier alpha value is -2.92. The fraction of sp³-hybridized carbons (Fsp3) is 0.304. The lowest BCUT2D eigenvalue weighted by molar-refractivity contribution is 0.425. The van der Waals surface area contributed by atoms with Crippen LogP contribution in [0.4, 0.5) is 11.8 Å². The smallest absolute Gasteiger partial charge is 0.228 e. The predicted octanol–water partition coefficient (Wildman–Crippen LogP) is 3.68. The van der Waals surface area contributed by atoms with Gasteiger partial charge in [-0.1, -0.05) is 54.6 Å². The molecule has 0 radical (unpaired) electrons. The average molecular weight is 374 g/mol. The molecule has 4 rings (SSSR count). The Labute approximate surface area is 167 Å². The van der Waals surface area contributed by atoms with Crippen LogP contribution < -0.4 is 10.2 Å². The van der Waals surface area contributed by atoms with Crippen LogP contribution in [0.2, 0.25) is 0 Å². The van der Waals surface area contributed by atoms with Gasteiger partial charge in [0, 0.05) is 37.8 Å². The maximum absolute atomic E-state index is 4.91. The molecule has 1 N–H and O–H groups in total. The molecular weight excluding hydrogens is 346 g/mol. The SMILES string of the molecule is CN(C)CCNc1cc(-c2ccccc2)nc(N2CCc3ccccc3C2)n1. The number of aromatic nitrogens is 2. The van der Waals surface area contributed by atoms with Crippen molar-refractivity contribution in [2.75, 3.05) is 43.9 Å². The normalized spacial score (nSPS) is 13.5. The van der Waals surface area contributed by atoms with E-state index in [0.29, 0.717) is 0 Å². The van der Waals surface area contributed by atoms with Crippen molar-refractivity contribution in [2.45, 2.75) is 13.0 Å². The lowest BCUT2D eigenvalue weighted by Crippen LogP contribution is -2.32. The highest BCUT2D eigenvalue weighted by Crippen LogP contribution is 2.26. The first-order valence-electron chi connectivity index (χ1n) is 9.84. The van der Waals surface area contributed by atoms with E-state index in [9.17, 15) is 0 Å². The van der Waals surface area contributed by atoms with Gasteiger partial charge in [0.1, 0.15) is 5.82 Å². The second kappa shape index (κ2) is 8.40. The molecule has 5 nitrogen and oxygen atoms in total. The van der Waals surface area contributed by atoms with Crippen LogP contribution in [0, 0.1) is 0 Å². The van der Waals surface area contributed by atoms with Gasteiger partial charge in [-0.2, -0.15) is 4.98 Å². The zero-order chi connectivity index (χ0) is 19.3. The number of nitrogens with one attached hydrogen (secondary N) is 1. The molecule has 1 aliphatic rings. The van der Waals surface area contributed by atoms with Crippen LogP contribution in [0.15, 0.2) is 60.7 Å². The number of hydrogen-bond donors (Lipinski definition) is 1. The summed E-state index contributed by atoms with van der Waals surface area (Å²) in [6.45, 7) is 3.59. The number of rotatable bonds is 6. The molecule has 3 aromatic rings. The molecule has 0 unspecified atom stereocenters. The Morgan fingerprint density at radius 2 is 1.71 bits per heavy atom. The number of benzene rings is 2. The summed E-state index contributed by atoms with van der Waals surface area (Å²) >= 11 is 0. The van der Waals surface area contributed by atoms with Gasteiger partial charge in [-0.3, -0.25) is 0 Å². The molecule has 1 aliphatic heterocycles. The zero-order valence-corrected chi connectivity index (χ0v) is 16.6. The van der Waals surface area contributed by atoms with Gasteiger partial charge in [0.05, 0.1) is 5.69 Å². The summed E-state index contributed by atoms with van der Waals surface area (Å²) in [6, 6.07) is 21.0. The van der Waals surface area contributed by atoms with Crippen molar-refractivity contribution in [3.8, 4) is 11.3 Å². The van der Waals surface area contributed by atoms with E-state index in [1.54, 1.807) is 0 Å². The minimum absolute atomic E-state index is 0.795. The van der Waals surface area contributed by atoms with Gasteiger partial charge in [-0.05, 0) is 31.6 Å². The molecule has 144 valence electrons. The number of likely N-dealkylation sites (N-methyl/N-ethyl adjacent to an activating group) is 1. The average Bonchev–Trinajstić information content (AvgIpc) is 2.73. The Bertz CT molecular complexity index is 923. The van der Waals surface area contributed by atoms with Crippen LogP contribution in [0.5, 0.6) is 0 Å². The van der Waals surface area contributed by atoms with E-state index >= 15 is 0 Å². The highest BCUT2D eigenvalue weighted by molar-refractivity contribution is 5.64. The van der Waals surface area contributed by atoms with Crippen molar-refractivity contribution < 1.29 is 0 Å². The fourth-order valence-electron chi connectivity index (χ4n) is 3.50. The summed E-state index contributed by atoms with van der Waals surface area (Å²) in [5.74, 6) is 1.67. The maximum Gasteiger partial charge on any atom is 0.228 e. The third-order valence-corrected chi connectivity index (χ3v) is 5.06. The number of nitrogens with zero attached hydrogens (tertiary/aromatic N) is 4. The van der Waals surface area contributed by atoms with Gasteiger partial charge in [-0.25, -0.2) is 4.98 Å². The molecule has 0 bridgehead atoms. The standard InChI is InChI=1S/C23H27N5/c1-27(2)15-13-24-22-16-21(19-9-4-3-5-10-19)25-23(26-22)28-14-12-18-8-6-7-11-20(18)17-28/h3-11,16H,12-15,17H2,1-2H3,(H,24,25,26). The first kappa shape index (κ1) is 18.4. The highest BCUT2D eigenvalue weighted by atomic mass is 15.3. The molecular formula is C23H27N5. The van der Waals surface area contributed by atoms with Crippen LogP contribution in [-0.4, -0.2) is 48.6 Å². The van der Waals surface area contributed by atoms with Crippen LogP contribution in [-0.2, 0) is 13.0 Å². The summed E-state index contributed by atoms with van der Waals surface area (Å²) in [4.78, 5) is 14.2. The minimum Gasteiger partial charge on any atom is -0.369 e. The predicted molar refractivity (Wildman–Crippen MR) is 116 cm³/mol. The summed E-state index contributed by atoms with van der Waals surface area (Å²) in [5, 5.41) is 3.47. The molecule has 0 atom stereocenters. The van der Waals surface area contributed by atoms with E-state index in [1.807, 2.05) is 24.3 Å². The van der Waals surface area contributed by atoms with E-state index in [-0.39, 0.29) is 0 Å². The van der Waals surface area contributed by atoms with Crippen molar-refractivity contribution in [2.24, 2.45) is 0 Å². The molecule has 2 aromatic carbocycles. The third kappa shape index (κ3) is 4.31. The van der Waals surface area contributed by atoms with Gasteiger partial charge >= 0.3 is 0 Å². The van der Waals surface area contributed by atoms with Gasteiger partial charge in [0.25, 0.3) is 0 Å². The lowest BCUT2D eigenvalue weighted by atomic mass is 10.0. The molecule has 28 heavy (non-hydrogen) atoms. The van der Waals surface area contributed by atoms with Crippen LogP contribution >= 0.6 is 0 Å². The minimum atomic E-state index is 0.795. The van der Waals surface area contributed by atoms with E-state index in [1.165, 1.54) is 11.1 Å². The van der Waals surface area contributed by atoms with Gasteiger partial charge in [0.15, 0.2) is 0 Å². The Morgan fingerprint density at radius 3 is 2.50 bits per heavy atom. The van der Waals surface area contributed by atoms with Crippen molar-refractivity contribution in [3.05, 3.63) is 71.8 Å². The zero-order valence-electron chi connectivity index (χ0n) is 16.6.